The Kier molecular flexibility index (Phi) is 9.21. The number of rotatable bonds is 6. The first-order valence-corrected chi connectivity index (χ1v) is 13.7. The molecule has 0 N–H and O–H groups in total. The van der Waals surface area contributed by atoms with Crippen LogP contribution in [0.5, 0.6) is 5.75 Å². The molecule has 7 heteroatoms. The lowest BCUT2D eigenvalue weighted by Gasteiger charge is -2.45. The second-order valence-electron chi connectivity index (χ2n) is 9.65. The number of hydrogen-bond acceptors (Lipinski definition) is 6. The summed E-state index contributed by atoms with van der Waals surface area (Å²) >= 11 is 0. The lowest BCUT2D eigenvalue weighted by molar-refractivity contribution is 0.108. The molecule has 0 spiro atoms. The third kappa shape index (κ3) is 6.26. The van der Waals surface area contributed by atoms with Crippen LogP contribution in [0.15, 0.2) is 87.7 Å². The molecule has 3 aliphatic heterocycles. The first-order valence-electron chi connectivity index (χ1n) is 13.7. The van der Waals surface area contributed by atoms with Crippen LogP contribution >= 0.6 is 0 Å². The quantitative estimate of drug-likeness (QED) is 0.397. The standard InChI is InChI=1S/C29H34FN5O.C2H6/c1-21-15-17-33(20-31-21)27-14-10-23(18-28(27)36-3)9-11-24-6-5-16-34-29(24)32-22(2)19-35(34)26-8-4-7-25(30)12-13-26;1-2/h4,7,10,12-15,18-20,24H,5-6,8-9,11,16-17H2,1-3H3;1-2H3. The van der Waals surface area contributed by atoms with E-state index in [4.69, 9.17) is 9.73 Å². The van der Waals surface area contributed by atoms with E-state index in [9.17, 15) is 4.39 Å². The number of methoxy groups -OCH3 is 1. The summed E-state index contributed by atoms with van der Waals surface area (Å²) in [4.78, 5) is 11.5. The third-order valence-electron chi connectivity index (χ3n) is 7.06. The molecule has 38 heavy (non-hydrogen) atoms. The summed E-state index contributed by atoms with van der Waals surface area (Å²) < 4.78 is 19.5. The number of ether oxygens (including phenoxy) is 1. The summed E-state index contributed by atoms with van der Waals surface area (Å²) in [6.07, 6.45) is 17.7. The SMILES string of the molecule is CC.COc1cc(CCC2CCCN3C2=NC(C)=CN3C2=CC=C(F)C=CC2)ccc1N1C=NC(C)=CC1. The van der Waals surface area contributed by atoms with Crippen molar-refractivity contribution in [2.45, 2.75) is 59.8 Å². The zero-order chi connectivity index (χ0) is 27.1. The molecule has 3 heterocycles. The molecule has 0 radical (unpaired) electrons. The van der Waals surface area contributed by atoms with Crippen LogP contribution in [0.4, 0.5) is 10.1 Å². The minimum Gasteiger partial charge on any atom is -0.495 e. The Labute approximate surface area is 226 Å². The highest BCUT2D eigenvalue weighted by molar-refractivity contribution is 5.87. The third-order valence-corrected chi connectivity index (χ3v) is 7.06. The molecule has 1 fully saturated rings. The summed E-state index contributed by atoms with van der Waals surface area (Å²) in [5.74, 6) is 2.14. The Balaban J connectivity index is 0.00000164. The lowest BCUT2D eigenvalue weighted by atomic mass is 9.90. The van der Waals surface area contributed by atoms with Crippen LogP contribution in [0, 0.1) is 5.92 Å². The molecule has 0 amide bonds. The van der Waals surface area contributed by atoms with E-state index in [1.807, 2.05) is 46.2 Å². The largest absolute Gasteiger partial charge is 0.495 e. The Morgan fingerprint density at radius 2 is 1.97 bits per heavy atom. The van der Waals surface area contributed by atoms with Gasteiger partial charge in [-0.15, -0.1) is 0 Å². The van der Waals surface area contributed by atoms with E-state index in [0.717, 1.165) is 73.1 Å². The van der Waals surface area contributed by atoms with Gasteiger partial charge in [0.05, 0.1) is 24.8 Å². The normalized spacial score (nSPS) is 20.7. The molecule has 0 aromatic heterocycles. The molecule has 1 aromatic carbocycles. The zero-order valence-electron chi connectivity index (χ0n) is 23.3. The smallest absolute Gasteiger partial charge is 0.142 e. The van der Waals surface area contributed by atoms with E-state index in [1.54, 1.807) is 13.2 Å². The monoisotopic (exact) mass is 517 g/mol. The van der Waals surface area contributed by atoms with Gasteiger partial charge in [-0.3, -0.25) is 10.0 Å². The average molecular weight is 518 g/mol. The molecule has 202 valence electrons. The van der Waals surface area contributed by atoms with E-state index < -0.39 is 0 Å². The number of amidine groups is 1. The maximum atomic E-state index is 13.8. The maximum Gasteiger partial charge on any atom is 0.142 e. The van der Waals surface area contributed by atoms with Gasteiger partial charge in [-0.05, 0) is 81.5 Å². The second kappa shape index (κ2) is 12.8. The van der Waals surface area contributed by atoms with Gasteiger partial charge in [-0.25, -0.2) is 14.4 Å². The van der Waals surface area contributed by atoms with Crippen molar-refractivity contribution >= 4 is 17.9 Å². The zero-order valence-corrected chi connectivity index (χ0v) is 23.3. The first kappa shape index (κ1) is 27.4. The molecule has 0 saturated carbocycles. The van der Waals surface area contributed by atoms with Gasteiger partial charge in [-0.2, -0.15) is 0 Å². The molecule has 1 aromatic rings. The summed E-state index contributed by atoms with van der Waals surface area (Å²) in [5.41, 5.74) is 5.35. The van der Waals surface area contributed by atoms with Crippen molar-refractivity contribution in [3.05, 3.63) is 83.3 Å². The van der Waals surface area contributed by atoms with Crippen LogP contribution < -0.4 is 9.64 Å². The summed E-state index contributed by atoms with van der Waals surface area (Å²) in [5, 5.41) is 4.46. The highest BCUT2D eigenvalue weighted by atomic mass is 19.1. The van der Waals surface area contributed by atoms with Crippen molar-refractivity contribution in [1.82, 2.24) is 10.0 Å². The van der Waals surface area contributed by atoms with Crippen LogP contribution in [0.1, 0.15) is 58.9 Å². The Bertz CT molecular complexity index is 1220. The molecule has 4 aliphatic rings. The topological polar surface area (TPSA) is 43.7 Å². The molecular formula is C31H40FN5O. The van der Waals surface area contributed by atoms with Crippen LogP contribution in [-0.2, 0) is 6.42 Å². The number of halogens is 1. The number of hydrogen-bond donors (Lipinski definition) is 0. The van der Waals surface area contributed by atoms with Gasteiger partial charge >= 0.3 is 0 Å². The van der Waals surface area contributed by atoms with Crippen LogP contribution in [-0.4, -0.2) is 42.4 Å². The van der Waals surface area contributed by atoms with Crippen LogP contribution in [0.25, 0.3) is 0 Å². The van der Waals surface area contributed by atoms with Crippen molar-refractivity contribution in [1.29, 1.82) is 0 Å². The average Bonchev–Trinajstić information content (AvgIpc) is 3.17. The molecular weight excluding hydrogens is 477 g/mol. The van der Waals surface area contributed by atoms with Crippen molar-refractivity contribution in [3.63, 3.8) is 0 Å². The fourth-order valence-corrected chi connectivity index (χ4v) is 5.15. The van der Waals surface area contributed by atoms with Gasteiger partial charge in [0.25, 0.3) is 0 Å². The molecule has 1 aliphatic carbocycles. The fourth-order valence-electron chi connectivity index (χ4n) is 5.15. The molecule has 1 unspecified atom stereocenters. The summed E-state index contributed by atoms with van der Waals surface area (Å²) in [7, 11) is 1.72. The minimum absolute atomic E-state index is 0.214. The highest BCUT2D eigenvalue weighted by Gasteiger charge is 2.33. The van der Waals surface area contributed by atoms with Gasteiger partial charge in [0.2, 0.25) is 0 Å². The van der Waals surface area contributed by atoms with E-state index in [0.29, 0.717) is 12.3 Å². The number of anilines is 1. The number of piperidine rings is 1. The Hall–Kier alpha value is -3.61. The molecule has 1 saturated heterocycles. The van der Waals surface area contributed by atoms with Crippen molar-refractivity contribution in [2.75, 3.05) is 25.1 Å². The lowest BCUT2D eigenvalue weighted by Crippen LogP contribution is -2.51. The first-order chi connectivity index (χ1) is 18.5. The van der Waals surface area contributed by atoms with Gasteiger partial charge in [0.1, 0.15) is 17.4 Å². The number of nitrogens with zero attached hydrogens (tertiary/aromatic N) is 5. The van der Waals surface area contributed by atoms with E-state index in [-0.39, 0.29) is 5.83 Å². The van der Waals surface area contributed by atoms with Crippen molar-refractivity contribution in [3.8, 4) is 5.75 Å². The predicted molar refractivity (Wildman–Crippen MR) is 156 cm³/mol. The van der Waals surface area contributed by atoms with E-state index in [2.05, 4.69) is 50.4 Å². The summed E-state index contributed by atoms with van der Waals surface area (Å²) in [6.45, 7) is 9.76. The van der Waals surface area contributed by atoms with E-state index >= 15 is 0 Å². The number of fused-ring (bicyclic) bond motifs is 1. The molecule has 1 atom stereocenters. The van der Waals surface area contributed by atoms with Gasteiger partial charge in [0.15, 0.2) is 0 Å². The minimum atomic E-state index is -0.214. The van der Waals surface area contributed by atoms with E-state index in [1.165, 1.54) is 11.6 Å². The Morgan fingerprint density at radius 3 is 2.74 bits per heavy atom. The van der Waals surface area contributed by atoms with Crippen LogP contribution in [0.3, 0.4) is 0 Å². The Morgan fingerprint density at radius 1 is 1.13 bits per heavy atom. The maximum absolute atomic E-state index is 13.8. The summed E-state index contributed by atoms with van der Waals surface area (Å²) in [6, 6.07) is 6.48. The van der Waals surface area contributed by atoms with Crippen LogP contribution in [0.2, 0.25) is 0 Å². The molecule has 5 rings (SSSR count). The number of allylic oxidation sites excluding steroid dienone is 7. The van der Waals surface area contributed by atoms with Gasteiger partial charge < -0.3 is 9.64 Å². The number of hydrazine groups is 1. The van der Waals surface area contributed by atoms with Crippen molar-refractivity contribution < 1.29 is 9.13 Å². The van der Waals surface area contributed by atoms with Crippen molar-refractivity contribution in [2.24, 2.45) is 15.9 Å². The van der Waals surface area contributed by atoms with Gasteiger partial charge in [0, 0.05) is 43.0 Å². The molecule has 6 nitrogen and oxygen atoms in total. The predicted octanol–water partition coefficient (Wildman–Crippen LogP) is 7.31. The number of aryl methyl sites for hydroxylation is 1. The molecule has 0 bridgehead atoms. The number of aliphatic imine (C=N–C) groups is 2. The van der Waals surface area contributed by atoms with Gasteiger partial charge in [-0.1, -0.05) is 26.0 Å². The fraction of sp³-hybridized carbons (Fsp3) is 0.419. The number of benzene rings is 1. The second-order valence-corrected chi connectivity index (χ2v) is 9.65. The highest BCUT2D eigenvalue weighted by Crippen LogP contribution is 2.34.